The number of ether oxygens (including phenoxy) is 1. The lowest BCUT2D eigenvalue weighted by Gasteiger charge is -2.15. The molecule has 4 heterocycles. The molecule has 5 rings (SSSR count). The fraction of sp³-hybridized carbons (Fsp3) is 0.368. The quantitative estimate of drug-likeness (QED) is 0.659. The van der Waals surface area contributed by atoms with Crippen LogP contribution in [0.25, 0.3) is 10.2 Å². The van der Waals surface area contributed by atoms with Gasteiger partial charge in [-0.3, -0.25) is 10.1 Å². The van der Waals surface area contributed by atoms with Crippen molar-refractivity contribution >= 4 is 54.0 Å². The molecule has 7 nitrogen and oxygen atoms in total. The number of thiophene rings is 1. The topological polar surface area (TPSA) is 88.6 Å². The van der Waals surface area contributed by atoms with Crippen LogP contribution in [0.4, 0.5) is 5.13 Å². The van der Waals surface area contributed by atoms with E-state index in [1.807, 2.05) is 6.07 Å². The zero-order valence-corrected chi connectivity index (χ0v) is 18.0. The molecule has 2 aliphatic heterocycles. The van der Waals surface area contributed by atoms with E-state index in [0.29, 0.717) is 41.8 Å². The average molecular weight is 450 g/mol. The van der Waals surface area contributed by atoms with Gasteiger partial charge >= 0.3 is 0 Å². The number of sulfonamides is 1. The first kappa shape index (κ1) is 19.1. The van der Waals surface area contributed by atoms with E-state index in [4.69, 9.17) is 4.74 Å². The Labute approximate surface area is 176 Å². The van der Waals surface area contributed by atoms with Gasteiger partial charge in [-0.25, -0.2) is 13.4 Å². The van der Waals surface area contributed by atoms with Crippen LogP contribution in [0.3, 0.4) is 0 Å². The van der Waals surface area contributed by atoms with Crippen molar-refractivity contribution in [3.05, 3.63) is 39.6 Å². The summed E-state index contributed by atoms with van der Waals surface area (Å²) in [4.78, 5) is 19.2. The van der Waals surface area contributed by atoms with Gasteiger partial charge in [0.1, 0.15) is 0 Å². The number of hydrogen-bond acceptors (Lipinski definition) is 7. The molecule has 0 spiro atoms. The molecule has 1 amide bonds. The van der Waals surface area contributed by atoms with E-state index in [1.165, 1.54) is 31.9 Å². The second-order valence-electron chi connectivity index (χ2n) is 7.08. The molecule has 1 fully saturated rings. The van der Waals surface area contributed by atoms with Crippen molar-refractivity contribution in [3.8, 4) is 0 Å². The third-order valence-corrected chi connectivity index (χ3v) is 9.20. The highest BCUT2D eigenvalue weighted by atomic mass is 32.2. The van der Waals surface area contributed by atoms with Crippen LogP contribution < -0.4 is 5.32 Å². The molecule has 10 heteroatoms. The highest BCUT2D eigenvalue weighted by Crippen LogP contribution is 2.32. The van der Waals surface area contributed by atoms with Gasteiger partial charge in [-0.2, -0.15) is 4.31 Å². The average Bonchev–Trinajstić information content (AvgIpc) is 3.45. The number of amides is 1. The number of benzene rings is 1. The van der Waals surface area contributed by atoms with Crippen molar-refractivity contribution < 1.29 is 17.9 Å². The molecule has 0 bridgehead atoms. The predicted octanol–water partition coefficient (Wildman–Crippen LogP) is 3.47. The monoisotopic (exact) mass is 449 g/mol. The van der Waals surface area contributed by atoms with Crippen molar-refractivity contribution in [1.29, 1.82) is 0 Å². The molecule has 0 saturated carbocycles. The SMILES string of the molecule is O=C(Nc1nc2ccc(S(=O)(=O)N3CCCC3)cc2s1)c1cc2c(s1)CCOC2. The third-order valence-electron chi connectivity index (χ3n) is 5.13. The Morgan fingerprint density at radius 2 is 2.00 bits per heavy atom. The summed E-state index contributed by atoms with van der Waals surface area (Å²) in [6.45, 7) is 2.38. The molecule has 0 unspecified atom stereocenters. The number of carbonyl (C=O) groups is 1. The Morgan fingerprint density at radius 3 is 2.79 bits per heavy atom. The molecule has 0 radical (unpaired) electrons. The summed E-state index contributed by atoms with van der Waals surface area (Å²) in [6, 6.07) is 6.82. The van der Waals surface area contributed by atoms with Crippen molar-refractivity contribution in [2.75, 3.05) is 25.0 Å². The van der Waals surface area contributed by atoms with E-state index >= 15 is 0 Å². The summed E-state index contributed by atoms with van der Waals surface area (Å²) in [7, 11) is -3.47. The minimum Gasteiger partial charge on any atom is -0.376 e. The lowest BCUT2D eigenvalue weighted by Crippen LogP contribution is -2.27. The maximum Gasteiger partial charge on any atom is 0.267 e. The summed E-state index contributed by atoms with van der Waals surface area (Å²) in [5, 5.41) is 3.31. The molecule has 0 atom stereocenters. The largest absolute Gasteiger partial charge is 0.376 e. The highest BCUT2D eigenvalue weighted by molar-refractivity contribution is 7.89. The molecule has 152 valence electrons. The van der Waals surface area contributed by atoms with Crippen LogP contribution >= 0.6 is 22.7 Å². The number of rotatable bonds is 4. The van der Waals surface area contributed by atoms with Gasteiger partial charge in [-0.05, 0) is 42.7 Å². The summed E-state index contributed by atoms with van der Waals surface area (Å²) in [5.41, 5.74) is 1.75. The summed E-state index contributed by atoms with van der Waals surface area (Å²) < 4.78 is 33.2. The van der Waals surface area contributed by atoms with Crippen LogP contribution in [0, 0.1) is 0 Å². The number of anilines is 1. The van der Waals surface area contributed by atoms with E-state index in [9.17, 15) is 13.2 Å². The standard InChI is InChI=1S/C19H19N3O4S3/c23-18(17-9-12-11-26-8-5-15(12)27-17)21-19-20-14-4-3-13(10-16(14)28-19)29(24,25)22-6-1-2-7-22/h3-4,9-10H,1-2,5-8,11H2,(H,20,21,23). The number of thiazole rings is 1. The number of hydrogen-bond donors (Lipinski definition) is 1. The van der Waals surface area contributed by atoms with Crippen LogP contribution in [0.15, 0.2) is 29.2 Å². The molecule has 1 N–H and O–H groups in total. The molecule has 2 aliphatic rings. The zero-order valence-electron chi connectivity index (χ0n) is 15.5. The van der Waals surface area contributed by atoms with Crippen LogP contribution in [-0.4, -0.2) is 43.3 Å². The first-order valence-corrected chi connectivity index (χ1v) is 12.5. The van der Waals surface area contributed by atoms with E-state index in [0.717, 1.165) is 29.5 Å². The maximum absolute atomic E-state index is 12.8. The highest BCUT2D eigenvalue weighted by Gasteiger charge is 2.27. The van der Waals surface area contributed by atoms with Gasteiger partial charge in [0.15, 0.2) is 5.13 Å². The molecule has 1 saturated heterocycles. The molecule has 3 aromatic rings. The van der Waals surface area contributed by atoms with Crippen LogP contribution in [-0.2, 0) is 27.8 Å². The molecule has 1 aromatic carbocycles. The van der Waals surface area contributed by atoms with Crippen LogP contribution in [0.2, 0.25) is 0 Å². The number of fused-ring (bicyclic) bond motifs is 2. The first-order chi connectivity index (χ1) is 14.0. The fourth-order valence-corrected chi connectivity index (χ4v) is 7.18. The number of carbonyl (C=O) groups excluding carboxylic acids is 1. The van der Waals surface area contributed by atoms with Gasteiger partial charge in [-0.1, -0.05) is 11.3 Å². The third kappa shape index (κ3) is 3.59. The van der Waals surface area contributed by atoms with Crippen LogP contribution in [0.1, 0.15) is 33.0 Å². The molecular weight excluding hydrogens is 430 g/mol. The van der Waals surface area contributed by atoms with Crippen molar-refractivity contribution in [3.63, 3.8) is 0 Å². The molecule has 29 heavy (non-hydrogen) atoms. The second kappa shape index (κ2) is 7.44. The predicted molar refractivity (Wildman–Crippen MR) is 113 cm³/mol. The lowest BCUT2D eigenvalue weighted by atomic mass is 10.2. The Morgan fingerprint density at radius 1 is 1.17 bits per heavy atom. The Bertz CT molecular complexity index is 1170. The Balaban J connectivity index is 1.38. The minimum absolute atomic E-state index is 0.201. The number of nitrogens with zero attached hydrogens (tertiary/aromatic N) is 2. The van der Waals surface area contributed by atoms with Gasteiger partial charge in [-0.15, -0.1) is 11.3 Å². The number of aromatic nitrogens is 1. The van der Waals surface area contributed by atoms with Gasteiger partial charge in [0.2, 0.25) is 10.0 Å². The Hall–Kier alpha value is -1.85. The van der Waals surface area contributed by atoms with E-state index in [1.54, 1.807) is 18.2 Å². The van der Waals surface area contributed by atoms with Crippen molar-refractivity contribution in [2.24, 2.45) is 0 Å². The molecule has 0 aliphatic carbocycles. The number of nitrogens with one attached hydrogen (secondary N) is 1. The van der Waals surface area contributed by atoms with Crippen molar-refractivity contribution in [2.45, 2.75) is 30.8 Å². The second-order valence-corrected chi connectivity index (χ2v) is 11.2. The van der Waals surface area contributed by atoms with Gasteiger partial charge in [0.25, 0.3) is 5.91 Å². The molecular formula is C19H19N3O4S3. The summed E-state index contributed by atoms with van der Waals surface area (Å²) >= 11 is 2.77. The van der Waals surface area contributed by atoms with Gasteiger partial charge < -0.3 is 4.74 Å². The summed E-state index contributed by atoms with van der Waals surface area (Å²) in [6.07, 6.45) is 2.63. The lowest BCUT2D eigenvalue weighted by molar-refractivity contribution is 0.102. The zero-order chi connectivity index (χ0) is 20.0. The normalized spacial score (nSPS) is 17.5. The van der Waals surface area contributed by atoms with Crippen molar-refractivity contribution in [1.82, 2.24) is 9.29 Å². The first-order valence-electron chi connectivity index (χ1n) is 9.42. The minimum atomic E-state index is -3.47. The van der Waals surface area contributed by atoms with E-state index in [2.05, 4.69) is 10.3 Å². The van der Waals surface area contributed by atoms with Gasteiger partial charge in [0, 0.05) is 24.4 Å². The van der Waals surface area contributed by atoms with E-state index in [-0.39, 0.29) is 10.8 Å². The molecule has 2 aromatic heterocycles. The smallest absolute Gasteiger partial charge is 0.267 e. The summed E-state index contributed by atoms with van der Waals surface area (Å²) in [5.74, 6) is -0.201. The Kier molecular flexibility index (Phi) is 4.91. The van der Waals surface area contributed by atoms with Crippen LogP contribution in [0.5, 0.6) is 0 Å². The van der Waals surface area contributed by atoms with Gasteiger partial charge in [0.05, 0.1) is 33.2 Å². The maximum atomic E-state index is 12.8. The fourth-order valence-electron chi connectivity index (χ4n) is 3.61. The van der Waals surface area contributed by atoms with E-state index < -0.39 is 10.0 Å².